The lowest BCUT2D eigenvalue weighted by molar-refractivity contribution is 0.0929. The number of halogens is 2. The van der Waals surface area contributed by atoms with Gasteiger partial charge in [0.15, 0.2) is 0 Å². The molecule has 1 aliphatic rings. The van der Waals surface area contributed by atoms with Crippen molar-refractivity contribution in [2.75, 3.05) is 5.32 Å². The zero-order valence-corrected chi connectivity index (χ0v) is 17.8. The predicted octanol–water partition coefficient (Wildman–Crippen LogP) is 5.84. The Morgan fingerprint density at radius 1 is 1.04 bits per heavy atom. The summed E-state index contributed by atoms with van der Waals surface area (Å²) in [5, 5.41) is 8.13. The van der Waals surface area contributed by atoms with Crippen LogP contribution in [0.1, 0.15) is 38.4 Å². The zero-order chi connectivity index (χ0) is 19.7. The highest BCUT2D eigenvalue weighted by Gasteiger charge is 2.45. The highest BCUT2D eigenvalue weighted by molar-refractivity contribution is 9.10. The normalized spacial score (nSPS) is 14.4. The van der Waals surface area contributed by atoms with Crippen LogP contribution in [0.5, 0.6) is 0 Å². The van der Waals surface area contributed by atoms with E-state index in [1.54, 1.807) is 24.3 Å². The standard InChI is InChI=1S/C21H16BrClN2O2S/c22-15-6-4-14(5-7-15)21(9-10-21)25-19(26)13-3-8-16(23)17(12-13)24-20(27)18-2-1-11-28-18/h1-8,11-12H,9-10H2,(H,24,27)(H,25,26). The SMILES string of the molecule is O=C(NC1(c2ccc(Br)cc2)CC1)c1ccc(Cl)c(NC(=O)c2cccs2)c1. The van der Waals surface area contributed by atoms with Gasteiger partial charge in [0.05, 0.1) is 21.1 Å². The summed E-state index contributed by atoms with van der Waals surface area (Å²) in [6.07, 6.45) is 1.80. The smallest absolute Gasteiger partial charge is 0.265 e. The van der Waals surface area contributed by atoms with Crippen LogP contribution in [-0.2, 0) is 5.54 Å². The monoisotopic (exact) mass is 474 g/mol. The lowest BCUT2D eigenvalue weighted by atomic mass is 10.0. The molecule has 142 valence electrons. The van der Waals surface area contributed by atoms with Crippen molar-refractivity contribution in [3.8, 4) is 0 Å². The molecule has 0 unspecified atom stereocenters. The number of hydrogen-bond donors (Lipinski definition) is 2. The molecule has 2 N–H and O–H groups in total. The number of carbonyl (C=O) groups is 2. The first kappa shape index (κ1) is 19.2. The molecule has 1 heterocycles. The Bertz CT molecular complexity index is 1030. The fourth-order valence-corrected chi connectivity index (χ4v) is 4.07. The molecular formula is C21H16BrClN2O2S. The summed E-state index contributed by atoms with van der Waals surface area (Å²) >= 11 is 11.0. The van der Waals surface area contributed by atoms with E-state index in [2.05, 4.69) is 26.6 Å². The molecule has 0 saturated heterocycles. The van der Waals surface area contributed by atoms with Gasteiger partial charge in [-0.05, 0) is 60.2 Å². The lowest BCUT2D eigenvalue weighted by Gasteiger charge is -2.18. The summed E-state index contributed by atoms with van der Waals surface area (Å²) in [5.74, 6) is -0.438. The Balaban J connectivity index is 1.52. The number of carbonyl (C=O) groups excluding carboxylic acids is 2. The highest BCUT2D eigenvalue weighted by Crippen LogP contribution is 2.46. The molecule has 3 aromatic rings. The second-order valence-corrected chi connectivity index (χ2v) is 8.94. The molecule has 1 fully saturated rings. The van der Waals surface area contributed by atoms with E-state index < -0.39 is 0 Å². The third-order valence-electron chi connectivity index (χ3n) is 4.72. The van der Waals surface area contributed by atoms with E-state index in [1.807, 2.05) is 35.7 Å². The molecule has 0 atom stereocenters. The Kier molecular flexibility index (Phi) is 5.27. The molecular weight excluding hydrogens is 460 g/mol. The fraction of sp³-hybridized carbons (Fsp3) is 0.143. The highest BCUT2D eigenvalue weighted by atomic mass is 79.9. The van der Waals surface area contributed by atoms with Gasteiger partial charge in [0.1, 0.15) is 0 Å². The van der Waals surface area contributed by atoms with Crippen LogP contribution in [0.4, 0.5) is 5.69 Å². The van der Waals surface area contributed by atoms with E-state index in [0.29, 0.717) is 21.2 Å². The van der Waals surface area contributed by atoms with Crippen LogP contribution in [0.2, 0.25) is 5.02 Å². The molecule has 28 heavy (non-hydrogen) atoms. The lowest BCUT2D eigenvalue weighted by Crippen LogP contribution is -2.34. The second kappa shape index (κ2) is 7.70. The van der Waals surface area contributed by atoms with Crippen LogP contribution in [-0.4, -0.2) is 11.8 Å². The maximum atomic E-state index is 12.8. The van der Waals surface area contributed by atoms with E-state index in [-0.39, 0.29) is 17.4 Å². The minimum atomic E-state index is -0.322. The average Bonchev–Trinajstić information content (AvgIpc) is 3.25. The summed E-state index contributed by atoms with van der Waals surface area (Å²) in [5.41, 5.74) is 1.64. The third-order valence-corrected chi connectivity index (χ3v) is 6.45. The Morgan fingerprint density at radius 2 is 1.79 bits per heavy atom. The molecule has 0 aliphatic heterocycles. The van der Waals surface area contributed by atoms with E-state index in [9.17, 15) is 9.59 Å². The van der Waals surface area contributed by atoms with E-state index in [4.69, 9.17) is 11.6 Å². The van der Waals surface area contributed by atoms with Crippen LogP contribution < -0.4 is 10.6 Å². The maximum absolute atomic E-state index is 12.8. The van der Waals surface area contributed by atoms with Crippen molar-refractivity contribution in [3.05, 3.63) is 85.5 Å². The maximum Gasteiger partial charge on any atom is 0.265 e. The molecule has 1 aromatic heterocycles. The number of rotatable bonds is 5. The Morgan fingerprint density at radius 3 is 2.43 bits per heavy atom. The molecule has 0 radical (unpaired) electrons. The summed E-state index contributed by atoms with van der Waals surface area (Å²) in [6.45, 7) is 0. The Labute approximate surface area is 180 Å². The molecule has 4 rings (SSSR count). The van der Waals surface area contributed by atoms with Gasteiger partial charge in [-0.15, -0.1) is 11.3 Å². The molecule has 4 nitrogen and oxygen atoms in total. The second-order valence-electron chi connectivity index (χ2n) is 6.67. The van der Waals surface area contributed by atoms with Crippen molar-refractivity contribution in [2.45, 2.75) is 18.4 Å². The first-order valence-electron chi connectivity index (χ1n) is 8.70. The van der Waals surface area contributed by atoms with E-state index in [1.165, 1.54) is 11.3 Å². The van der Waals surface area contributed by atoms with Crippen molar-refractivity contribution in [1.82, 2.24) is 5.32 Å². The molecule has 2 amide bonds. The molecule has 1 saturated carbocycles. The van der Waals surface area contributed by atoms with Crippen molar-refractivity contribution < 1.29 is 9.59 Å². The minimum absolute atomic E-state index is 0.191. The quantitative estimate of drug-likeness (QED) is 0.487. The van der Waals surface area contributed by atoms with E-state index >= 15 is 0 Å². The number of anilines is 1. The van der Waals surface area contributed by atoms with Gasteiger partial charge in [-0.2, -0.15) is 0 Å². The van der Waals surface area contributed by atoms with Gasteiger partial charge in [0.2, 0.25) is 0 Å². The van der Waals surface area contributed by atoms with Crippen LogP contribution in [0.3, 0.4) is 0 Å². The number of benzene rings is 2. The topological polar surface area (TPSA) is 58.2 Å². The van der Waals surface area contributed by atoms with Crippen LogP contribution in [0.15, 0.2) is 64.5 Å². The summed E-state index contributed by atoms with van der Waals surface area (Å²) in [6, 6.07) is 16.4. The van der Waals surface area contributed by atoms with Gasteiger partial charge in [0.25, 0.3) is 11.8 Å². The van der Waals surface area contributed by atoms with E-state index in [0.717, 1.165) is 22.9 Å². The number of amides is 2. The molecule has 0 bridgehead atoms. The van der Waals surface area contributed by atoms with Crippen LogP contribution in [0, 0.1) is 0 Å². The Hall–Kier alpha value is -2.15. The molecule has 7 heteroatoms. The number of thiophene rings is 1. The van der Waals surface area contributed by atoms with Gasteiger partial charge in [-0.1, -0.05) is 45.7 Å². The van der Waals surface area contributed by atoms with Crippen LogP contribution in [0.25, 0.3) is 0 Å². The van der Waals surface area contributed by atoms with Gasteiger partial charge in [-0.25, -0.2) is 0 Å². The van der Waals surface area contributed by atoms with Gasteiger partial charge in [0, 0.05) is 10.0 Å². The first-order valence-corrected chi connectivity index (χ1v) is 10.7. The average molecular weight is 476 g/mol. The molecule has 1 aliphatic carbocycles. The minimum Gasteiger partial charge on any atom is -0.343 e. The van der Waals surface area contributed by atoms with Crippen LogP contribution >= 0.6 is 38.9 Å². The van der Waals surface area contributed by atoms with Gasteiger partial charge < -0.3 is 10.6 Å². The van der Waals surface area contributed by atoms with Gasteiger partial charge in [-0.3, -0.25) is 9.59 Å². The largest absolute Gasteiger partial charge is 0.343 e. The predicted molar refractivity (Wildman–Crippen MR) is 116 cm³/mol. The molecule has 0 spiro atoms. The first-order chi connectivity index (χ1) is 13.5. The third kappa shape index (κ3) is 3.99. The number of nitrogens with one attached hydrogen (secondary N) is 2. The summed E-state index contributed by atoms with van der Waals surface area (Å²) in [4.78, 5) is 25.7. The van der Waals surface area contributed by atoms with Crippen molar-refractivity contribution in [1.29, 1.82) is 0 Å². The van der Waals surface area contributed by atoms with Crippen molar-refractivity contribution in [2.24, 2.45) is 0 Å². The van der Waals surface area contributed by atoms with Crippen molar-refractivity contribution >= 4 is 56.4 Å². The fourth-order valence-electron chi connectivity index (χ4n) is 3.02. The molecule has 2 aromatic carbocycles. The zero-order valence-electron chi connectivity index (χ0n) is 14.7. The van der Waals surface area contributed by atoms with Gasteiger partial charge >= 0.3 is 0 Å². The van der Waals surface area contributed by atoms with Crippen molar-refractivity contribution in [3.63, 3.8) is 0 Å². The summed E-state index contributed by atoms with van der Waals surface area (Å²) < 4.78 is 1.00. The number of hydrogen-bond acceptors (Lipinski definition) is 3. The summed E-state index contributed by atoms with van der Waals surface area (Å²) in [7, 11) is 0.